The quantitative estimate of drug-likeness (QED) is 0.804. The van der Waals surface area contributed by atoms with Gasteiger partial charge in [-0.3, -0.25) is 0 Å². The molecule has 0 aromatic carbocycles. The van der Waals surface area contributed by atoms with E-state index in [1.165, 1.54) is 0 Å². The number of ether oxygens (including phenoxy) is 1. The standard InChI is InChI=1S/C13H21ClN2O/c1-4-6-10(3)17-9-12-11(14)7-8-13(16-12)15-5-2/h7-8,10H,4-6,9H2,1-3H3,(H,15,16). The first kappa shape index (κ1) is 14.3. The summed E-state index contributed by atoms with van der Waals surface area (Å²) in [4.78, 5) is 4.43. The van der Waals surface area contributed by atoms with E-state index in [1.807, 2.05) is 19.1 Å². The minimum absolute atomic E-state index is 0.251. The average molecular weight is 257 g/mol. The normalized spacial score (nSPS) is 12.5. The Hall–Kier alpha value is -0.800. The molecule has 1 heterocycles. The Morgan fingerprint density at radius 1 is 1.41 bits per heavy atom. The van der Waals surface area contributed by atoms with Gasteiger partial charge in [0.25, 0.3) is 0 Å². The van der Waals surface area contributed by atoms with Crippen LogP contribution in [0.3, 0.4) is 0 Å². The molecule has 0 radical (unpaired) electrons. The second-order valence-corrected chi connectivity index (χ2v) is 4.47. The van der Waals surface area contributed by atoms with E-state index in [4.69, 9.17) is 16.3 Å². The summed E-state index contributed by atoms with van der Waals surface area (Å²) in [5.41, 5.74) is 0.799. The number of aromatic nitrogens is 1. The molecule has 1 unspecified atom stereocenters. The lowest BCUT2D eigenvalue weighted by Crippen LogP contribution is -2.09. The largest absolute Gasteiger partial charge is 0.372 e. The van der Waals surface area contributed by atoms with Crippen molar-refractivity contribution in [3.05, 3.63) is 22.8 Å². The third kappa shape index (κ3) is 4.92. The number of hydrogen-bond acceptors (Lipinski definition) is 3. The van der Waals surface area contributed by atoms with E-state index in [1.54, 1.807) is 0 Å². The molecular formula is C13H21ClN2O. The second kappa shape index (κ2) is 7.51. The summed E-state index contributed by atoms with van der Waals surface area (Å²) >= 11 is 6.09. The van der Waals surface area contributed by atoms with Gasteiger partial charge in [-0.1, -0.05) is 24.9 Å². The molecule has 96 valence electrons. The lowest BCUT2D eigenvalue weighted by molar-refractivity contribution is 0.0454. The summed E-state index contributed by atoms with van der Waals surface area (Å²) < 4.78 is 5.71. The highest BCUT2D eigenvalue weighted by molar-refractivity contribution is 6.31. The highest BCUT2D eigenvalue weighted by atomic mass is 35.5. The zero-order valence-electron chi connectivity index (χ0n) is 10.8. The molecule has 1 aromatic heterocycles. The van der Waals surface area contributed by atoms with E-state index >= 15 is 0 Å². The molecule has 0 spiro atoms. The van der Waals surface area contributed by atoms with Gasteiger partial charge in [0, 0.05) is 6.54 Å². The summed E-state index contributed by atoms with van der Waals surface area (Å²) in [5, 5.41) is 3.82. The van der Waals surface area contributed by atoms with Crippen LogP contribution in [0.4, 0.5) is 5.82 Å². The van der Waals surface area contributed by atoms with E-state index in [0.29, 0.717) is 11.6 Å². The molecule has 0 saturated carbocycles. The zero-order valence-corrected chi connectivity index (χ0v) is 11.5. The zero-order chi connectivity index (χ0) is 12.7. The van der Waals surface area contributed by atoms with Crippen molar-refractivity contribution in [1.29, 1.82) is 0 Å². The van der Waals surface area contributed by atoms with Crippen molar-refractivity contribution in [1.82, 2.24) is 4.98 Å². The number of anilines is 1. The van der Waals surface area contributed by atoms with Crippen LogP contribution in [0.2, 0.25) is 5.02 Å². The third-order valence-corrected chi connectivity index (χ3v) is 2.82. The summed E-state index contributed by atoms with van der Waals surface area (Å²) in [6.07, 6.45) is 2.44. The Morgan fingerprint density at radius 2 is 2.18 bits per heavy atom. The number of hydrogen-bond donors (Lipinski definition) is 1. The van der Waals surface area contributed by atoms with Crippen molar-refractivity contribution in [2.45, 2.75) is 46.3 Å². The molecule has 0 aliphatic rings. The number of nitrogens with one attached hydrogen (secondary N) is 1. The van der Waals surface area contributed by atoms with Crippen molar-refractivity contribution in [2.75, 3.05) is 11.9 Å². The van der Waals surface area contributed by atoms with Crippen molar-refractivity contribution in [2.24, 2.45) is 0 Å². The van der Waals surface area contributed by atoms with Gasteiger partial charge in [0.15, 0.2) is 0 Å². The first-order valence-corrected chi connectivity index (χ1v) is 6.56. The Balaban J connectivity index is 2.59. The fourth-order valence-electron chi connectivity index (χ4n) is 1.58. The second-order valence-electron chi connectivity index (χ2n) is 4.07. The molecule has 1 atom stereocenters. The molecule has 0 aliphatic carbocycles. The first-order valence-electron chi connectivity index (χ1n) is 6.18. The maximum absolute atomic E-state index is 6.09. The maximum atomic E-state index is 6.09. The molecule has 0 fully saturated rings. The number of halogens is 1. The Bertz CT molecular complexity index is 344. The van der Waals surface area contributed by atoms with E-state index in [-0.39, 0.29) is 6.10 Å². The lowest BCUT2D eigenvalue weighted by atomic mass is 10.2. The minimum Gasteiger partial charge on any atom is -0.372 e. The van der Waals surface area contributed by atoms with Gasteiger partial charge >= 0.3 is 0 Å². The van der Waals surface area contributed by atoms with Crippen molar-refractivity contribution in [3.63, 3.8) is 0 Å². The minimum atomic E-state index is 0.251. The molecule has 3 nitrogen and oxygen atoms in total. The van der Waals surface area contributed by atoms with Crippen molar-refractivity contribution in [3.8, 4) is 0 Å². The highest BCUT2D eigenvalue weighted by Gasteiger charge is 2.07. The molecule has 0 aliphatic heterocycles. The van der Waals surface area contributed by atoms with E-state index in [9.17, 15) is 0 Å². The van der Waals surface area contributed by atoms with Gasteiger partial charge in [0.2, 0.25) is 0 Å². The molecule has 1 aromatic rings. The van der Waals surface area contributed by atoms with Crippen LogP contribution >= 0.6 is 11.6 Å². The van der Waals surface area contributed by atoms with Crippen LogP contribution in [-0.2, 0) is 11.3 Å². The molecule has 0 amide bonds. The van der Waals surface area contributed by atoms with Crippen LogP contribution in [-0.4, -0.2) is 17.6 Å². The Labute approximate surface area is 109 Å². The number of nitrogens with zero attached hydrogens (tertiary/aromatic N) is 1. The summed E-state index contributed by atoms with van der Waals surface area (Å²) in [6, 6.07) is 3.74. The van der Waals surface area contributed by atoms with Crippen LogP contribution in [0, 0.1) is 0 Å². The van der Waals surface area contributed by atoms with Gasteiger partial charge in [0.05, 0.1) is 23.4 Å². The van der Waals surface area contributed by atoms with E-state index in [2.05, 4.69) is 24.1 Å². The summed E-state index contributed by atoms with van der Waals surface area (Å²) in [6.45, 7) is 7.58. The van der Waals surface area contributed by atoms with Crippen molar-refractivity contribution >= 4 is 17.4 Å². The monoisotopic (exact) mass is 256 g/mol. The van der Waals surface area contributed by atoms with Gasteiger partial charge in [-0.25, -0.2) is 4.98 Å². The van der Waals surface area contributed by atoms with Crippen molar-refractivity contribution < 1.29 is 4.74 Å². The van der Waals surface area contributed by atoms with Crippen LogP contribution < -0.4 is 5.32 Å². The van der Waals surface area contributed by atoms with Crippen LogP contribution in [0.1, 0.15) is 39.3 Å². The fourth-order valence-corrected chi connectivity index (χ4v) is 1.74. The summed E-state index contributed by atoms with van der Waals surface area (Å²) in [7, 11) is 0. The summed E-state index contributed by atoms with van der Waals surface area (Å²) in [5.74, 6) is 0.846. The lowest BCUT2D eigenvalue weighted by Gasteiger charge is -2.13. The predicted molar refractivity (Wildman–Crippen MR) is 72.6 cm³/mol. The highest BCUT2D eigenvalue weighted by Crippen LogP contribution is 2.18. The van der Waals surface area contributed by atoms with Gasteiger partial charge in [-0.05, 0) is 32.4 Å². The predicted octanol–water partition coefficient (Wildman–Crippen LogP) is 3.87. The SMILES string of the molecule is CCCC(C)OCc1nc(NCC)ccc1Cl. The molecule has 17 heavy (non-hydrogen) atoms. The Kier molecular flexibility index (Phi) is 6.30. The van der Waals surface area contributed by atoms with E-state index in [0.717, 1.165) is 30.9 Å². The molecule has 1 rings (SSSR count). The van der Waals surface area contributed by atoms with E-state index < -0.39 is 0 Å². The maximum Gasteiger partial charge on any atom is 0.126 e. The topological polar surface area (TPSA) is 34.1 Å². The fraction of sp³-hybridized carbons (Fsp3) is 0.615. The smallest absolute Gasteiger partial charge is 0.126 e. The number of rotatable bonds is 7. The van der Waals surface area contributed by atoms with Gasteiger partial charge < -0.3 is 10.1 Å². The third-order valence-electron chi connectivity index (χ3n) is 2.48. The van der Waals surface area contributed by atoms with Gasteiger partial charge in [-0.2, -0.15) is 0 Å². The Morgan fingerprint density at radius 3 is 2.82 bits per heavy atom. The average Bonchev–Trinajstić information content (AvgIpc) is 2.30. The number of pyridine rings is 1. The molecule has 4 heteroatoms. The van der Waals surface area contributed by atoms with Crippen LogP contribution in [0.25, 0.3) is 0 Å². The first-order chi connectivity index (χ1) is 8.17. The molecule has 0 bridgehead atoms. The molecule has 0 saturated heterocycles. The van der Waals surface area contributed by atoms with Crippen LogP contribution in [0.15, 0.2) is 12.1 Å². The molecule has 1 N–H and O–H groups in total. The van der Waals surface area contributed by atoms with Gasteiger partial charge in [-0.15, -0.1) is 0 Å². The molecular weight excluding hydrogens is 236 g/mol. The van der Waals surface area contributed by atoms with Gasteiger partial charge in [0.1, 0.15) is 5.82 Å². The van der Waals surface area contributed by atoms with Crippen LogP contribution in [0.5, 0.6) is 0 Å².